The molecular formula is C20H24N2O5S. The molecule has 3 rings (SSSR count). The van der Waals surface area contributed by atoms with E-state index in [9.17, 15) is 13.2 Å². The summed E-state index contributed by atoms with van der Waals surface area (Å²) >= 11 is 0. The lowest BCUT2D eigenvalue weighted by molar-refractivity contribution is -0.124. The van der Waals surface area contributed by atoms with Crippen LogP contribution in [0, 0.1) is 5.92 Å². The average molecular weight is 404 g/mol. The van der Waals surface area contributed by atoms with Crippen molar-refractivity contribution in [3.05, 3.63) is 54.6 Å². The van der Waals surface area contributed by atoms with Crippen molar-refractivity contribution in [1.82, 2.24) is 10.0 Å². The van der Waals surface area contributed by atoms with Crippen molar-refractivity contribution in [2.24, 2.45) is 5.92 Å². The Morgan fingerprint density at radius 2 is 1.71 bits per heavy atom. The fraction of sp³-hybridized carbons (Fsp3) is 0.350. The van der Waals surface area contributed by atoms with Crippen LogP contribution in [0.25, 0.3) is 0 Å². The number of para-hydroxylation sites is 2. The van der Waals surface area contributed by atoms with E-state index in [1.807, 2.05) is 18.2 Å². The van der Waals surface area contributed by atoms with Crippen molar-refractivity contribution in [3.8, 4) is 11.5 Å². The van der Waals surface area contributed by atoms with E-state index in [0.29, 0.717) is 18.1 Å². The van der Waals surface area contributed by atoms with Gasteiger partial charge >= 0.3 is 0 Å². The first-order chi connectivity index (χ1) is 13.4. The molecule has 28 heavy (non-hydrogen) atoms. The number of hydrogen-bond acceptors (Lipinski definition) is 5. The predicted octanol–water partition coefficient (Wildman–Crippen LogP) is 1.95. The van der Waals surface area contributed by atoms with Crippen molar-refractivity contribution >= 4 is 15.9 Å². The molecule has 0 fully saturated rings. The van der Waals surface area contributed by atoms with E-state index in [1.165, 1.54) is 12.1 Å². The summed E-state index contributed by atoms with van der Waals surface area (Å²) in [5.74, 6) is 0.652. The molecule has 0 bridgehead atoms. The Labute approximate surface area is 165 Å². The Kier molecular flexibility index (Phi) is 6.21. The molecule has 0 aliphatic carbocycles. The van der Waals surface area contributed by atoms with Gasteiger partial charge in [-0.3, -0.25) is 4.79 Å². The second kappa shape index (κ2) is 8.62. The molecule has 1 aliphatic heterocycles. The SMILES string of the molecule is CC(C)[C@H](NS(=O)(=O)c1ccccc1)C(=O)NC[C@@H]1COc2ccccc2O1. The third-order valence-corrected chi connectivity index (χ3v) is 5.81. The zero-order valence-corrected chi connectivity index (χ0v) is 16.6. The van der Waals surface area contributed by atoms with Gasteiger partial charge in [0.25, 0.3) is 0 Å². The number of hydrogen-bond donors (Lipinski definition) is 2. The van der Waals surface area contributed by atoms with E-state index in [4.69, 9.17) is 9.47 Å². The number of rotatable bonds is 7. The lowest BCUT2D eigenvalue weighted by Crippen LogP contribution is -2.52. The molecule has 1 heterocycles. The minimum atomic E-state index is -3.80. The molecule has 1 amide bonds. The summed E-state index contributed by atoms with van der Waals surface area (Å²) in [7, 11) is -3.80. The molecule has 0 unspecified atom stereocenters. The Morgan fingerprint density at radius 3 is 2.39 bits per heavy atom. The van der Waals surface area contributed by atoms with E-state index in [-0.39, 0.29) is 23.5 Å². The summed E-state index contributed by atoms with van der Waals surface area (Å²) in [5, 5.41) is 2.77. The molecule has 0 spiro atoms. The lowest BCUT2D eigenvalue weighted by Gasteiger charge is -2.28. The van der Waals surface area contributed by atoms with Crippen LogP contribution >= 0.6 is 0 Å². The van der Waals surface area contributed by atoms with Crippen molar-refractivity contribution in [2.45, 2.75) is 30.9 Å². The van der Waals surface area contributed by atoms with Gasteiger partial charge in [-0.1, -0.05) is 44.2 Å². The number of benzene rings is 2. The molecule has 2 aromatic carbocycles. The van der Waals surface area contributed by atoms with Gasteiger partial charge in [-0.15, -0.1) is 0 Å². The molecule has 0 saturated carbocycles. The molecule has 2 aromatic rings. The maximum Gasteiger partial charge on any atom is 0.241 e. The van der Waals surface area contributed by atoms with Crippen LogP contribution in [0.5, 0.6) is 11.5 Å². The second-order valence-corrected chi connectivity index (χ2v) is 8.61. The summed E-state index contributed by atoms with van der Waals surface area (Å²) in [6.45, 7) is 4.09. The van der Waals surface area contributed by atoms with Crippen LogP contribution in [0.2, 0.25) is 0 Å². The van der Waals surface area contributed by atoms with Gasteiger partial charge in [0.15, 0.2) is 11.5 Å². The predicted molar refractivity (Wildman–Crippen MR) is 105 cm³/mol. The first-order valence-electron chi connectivity index (χ1n) is 9.10. The number of ether oxygens (including phenoxy) is 2. The Morgan fingerprint density at radius 1 is 1.07 bits per heavy atom. The Balaban J connectivity index is 1.61. The fourth-order valence-corrected chi connectivity index (χ4v) is 4.18. The summed E-state index contributed by atoms with van der Waals surface area (Å²) in [4.78, 5) is 12.8. The number of nitrogens with one attached hydrogen (secondary N) is 2. The molecule has 7 nitrogen and oxygen atoms in total. The van der Waals surface area contributed by atoms with Crippen LogP contribution in [0.15, 0.2) is 59.5 Å². The smallest absolute Gasteiger partial charge is 0.241 e. The van der Waals surface area contributed by atoms with E-state index < -0.39 is 22.0 Å². The number of carbonyl (C=O) groups excluding carboxylic acids is 1. The van der Waals surface area contributed by atoms with Crippen molar-refractivity contribution in [1.29, 1.82) is 0 Å². The van der Waals surface area contributed by atoms with Crippen LogP contribution in [0.4, 0.5) is 0 Å². The molecule has 8 heteroatoms. The zero-order chi connectivity index (χ0) is 20.1. The highest BCUT2D eigenvalue weighted by atomic mass is 32.2. The highest BCUT2D eigenvalue weighted by molar-refractivity contribution is 7.89. The topological polar surface area (TPSA) is 93.7 Å². The number of amides is 1. The normalized spacial score (nSPS) is 17.2. The fourth-order valence-electron chi connectivity index (χ4n) is 2.82. The van der Waals surface area contributed by atoms with Crippen LogP contribution in [-0.2, 0) is 14.8 Å². The van der Waals surface area contributed by atoms with Gasteiger partial charge in [-0.2, -0.15) is 4.72 Å². The van der Waals surface area contributed by atoms with Crippen molar-refractivity contribution in [3.63, 3.8) is 0 Å². The van der Waals surface area contributed by atoms with Crippen LogP contribution in [0.1, 0.15) is 13.8 Å². The first-order valence-corrected chi connectivity index (χ1v) is 10.6. The van der Waals surface area contributed by atoms with Crippen molar-refractivity contribution in [2.75, 3.05) is 13.2 Å². The number of carbonyl (C=O) groups is 1. The van der Waals surface area contributed by atoms with E-state index in [1.54, 1.807) is 38.1 Å². The van der Waals surface area contributed by atoms with Gasteiger partial charge in [0.2, 0.25) is 15.9 Å². The van der Waals surface area contributed by atoms with E-state index in [0.717, 1.165) is 0 Å². The summed E-state index contributed by atoms with van der Waals surface area (Å²) in [5.41, 5.74) is 0. The lowest BCUT2D eigenvalue weighted by atomic mass is 10.1. The summed E-state index contributed by atoms with van der Waals surface area (Å²) in [6.07, 6.45) is -0.350. The standard InChI is InChI=1S/C20H24N2O5S/c1-14(2)19(22-28(24,25)16-8-4-3-5-9-16)20(23)21-12-15-13-26-17-10-6-7-11-18(17)27-15/h3-11,14-15,19,22H,12-13H2,1-2H3,(H,21,23)/t15-,19+/m1/s1. The first kappa shape index (κ1) is 20.2. The third kappa shape index (κ3) is 4.82. The quantitative estimate of drug-likeness (QED) is 0.736. The Bertz CT molecular complexity index is 915. The van der Waals surface area contributed by atoms with E-state index in [2.05, 4.69) is 10.0 Å². The molecule has 0 saturated heterocycles. The molecule has 2 N–H and O–H groups in total. The summed E-state index contributed by atoms with van der Waals surface area (Å²) < 4.78 is 39.1. The number of fused-ring (bicyclic) bond motifs is 1. The van der Waals surface area contributed by atoms with Crippen LogP contribution < -0.4 is 19.5 Å². The minimum absolute atomic E-state index is 0.120. The molecular weight excluding hydrogens is 380 g/mol. The summed E-state index contributed by atoms with van der Waals surface area (Å²) in [6, 6.07) is 14.4. The molecule has 150 valence electrons. The van der Waals surface area contributed by atoms with Gasteiger partial charge in [-0.05, 0) is 30.2 Å². The molecule has 2 atom stereocenters. The Hall–Kier alpha value is -2.58. The third-order valence-electron chi connectivity index (χ3n) is 4.36. The van der Waals surface area contributed by atoms with Crippen molar-refractivity contribution < 1.29 is 22.7 Å². The maximum atomic E-state index is 12.6. The molecule has 0 radical (unpaired) electrons. The largest absolute Gasteiger partial charge is 0.486 e. The van der Waals surface area contributed by atoms with E-state index >= 15 is 0 Å². The van der Waals surface area contributed by atoms with Crippen LogP contribution in [-0.4, -0.2) is 39.6 Å². The number of sulfonamides is 1. The van der Waals surface area contributed by atoms with Gasteiger partial charge < -0.3 is 14.8 Å². The molecule has 1 aliphatic rings. The van der Waals surface area contributed by atoms with Gasteiger partial charge in [0.1, 0.15) is 18.8 Å². The van der Waals surface area contributed by atoms with Gasteiger partial charge in [0.05, 0.1) is 11.4 Å². The van der Waals surface area contributed by atoms with Crippen LogP contribution in [0.3, 0.4) is 0 Å². The highest BCUT2D eigenvalue weighted by Crippen LogP contribution is 2.30. The zero-order valence-electron chi connectivity index (χ0n) is 15.8. The van der Waals surface area contributed by atoms with Gasteiger partial charge in [0, 0.05) is 0 Å². The molecule has 0 aromatic heterocycles. The van der Waals surface area contributed by atoms with Gasteiger partial charge in [-0.25, -0.2) is 8.42 Å². The highest BCUT2D eigenvalue weighted by Gasteiger charge is 2.29. The maximum absolute atomic E-state index is 12.6. The monoisotopic (exact) mass is 404 g/mol. The second-order valence-electron chi connectivity index (χ2n) is 6.90. The minimum Gasteiger partial charge on any atom is -0.486 e. The average Bonchev–Trinajstić information content (AvgIpc) is 2.70.